The molecule has 2 N–H and O–H groups in total. The molecule has 0 aliphatic carbocycles. The molecule has 0 unspecified atom stereocenters. The van der Waals surface area contributed by atoms with Gasteiger partial charge in [0.2, 0.25) is 5.91 Å². The van der Waals surface area contributed by atoms with Gasteiger partial charge in [0.25, 0.3) is 5.91 Å². The maximum atomic E-state index is 13.6. The SMILES string of the molecule is CCOc1ccc(C(=O)NCC(=O)Nc2ccc(OC)c(F)c2)cc1. The van der Waals surface area contributed by atoms with Crippen molar-refractivity contribution in [3.05, 3.63) is 53.8 Å². The van der Waals surface area contributed by atoms with Gasteiger partial charge in [-0.1, -0.05) is 0 Å². The summed E-state index contributed by atoms with van der Waals surface area (Å²) in [7, 11) is 1.35. The van der Waals surface area contributed by atoms with Gasteiger partial charge in [0.1, 0.15) is 5.75 Å². The molecule has 0 heterocycles. The van der Waals surface area contributed by atoms with Crippen molar-refractivity contribution in [2.24, 2.45) is 0 Å². The molecule has 0 radical (unpaired) electrons. The number of rotatable bonds is 7. The fraction of sp³-hybridized carbons (Fsp3) is 0.222. The summed E-state index contributed by atoms with van der Waals surface area (Å²) in [6.07, 6.45) is 0. The van der Waals surface area contributed by atoms with Gasteiger partial charge in [-0.15, -0.1) is 0 Å². The highest BCUT2D eigenvalue weighted by molar-refractivity contribution is 5.99. The summed E-state index contributed by atoms with van der Waals surface area (Å²) in [4.78, 5) is 23.9. The number of hydrogen-bond donors (Lipinski definition) is 2. The first-order valence-electron chi connectivity index (χ1n) is 7.68. The topological polar surface area (TPSA) is 76.7 Å². The fourth-order valence-electron chi connectivity index (χ4n) is 2.08. The summed E-state index contributed by atoms with van der Waals surface area (Å²) in [5.41, 5.74) is 0.686. The van der Waals surface area contributed by atoms with E-state index in [9.17, 15) is 14.0 Å². The number of halogens is 1. The molecule has 25 heavy (non-hydrogen) atoms. The molecule has 0 bridgehead atoms. The summed E-state index contributed by atoms with van der Waals surface area (Å²) >= 11 is 0. The van der Waals surface area contributed by atoms with Crippen molar-refractivity contribution < 1.29 is 23.5 Å². The van der Waals surface area contributed by atoms with E-state index < -0.39 is 11.7 Å². The van der Waals surface area contributed by atoms with E-state index in [4.69, 9.17) is 9.47 Å². The molecule has 0 aromatic heterocycles. The zero-order chi connectivity index (χ0) is 18.2. The number of benzene rings is 2. The number of hydrogen-bond acceptors (Lipinski definition) is 4. The van der Waals surface area contributed by atoms with Crippen LogP contribution in [0.2, 0.25) is 0 Å². The van der Waals surface area contributed by atoms with Crippen molar-refractivity contribution in [2.75, 3.05) is 25.6 Å². The van der Waals surface area contributed by atoms with Gasteiger partial charge in [-0.25, -0.2) is 4.39 Å². The van der Waals surface area contributed by atoms with E-state index in [0.717, 1.165) is 6.07 Å². The Bertz CT molecular complexity index is 747. The van der Waals surface area contributed by atoms with Crippen LogP contribution in [-0.4, -0.2) is 32.1 Å². The van der Waals surface area contributed by atoms with Gasteiger partial charge < -0.3 is 20.1 Å². The normalized spacial score (nSPS) is 10.0. The lowest BCUT2D eigenvalue weighted by molar-refractivity contribution is -0.115. The van der Waals surface area contributed by atoms with Crippen LogP contribution >= 0.6 is 0 Å². The van der Waals surface area contributed by atoms with Crippen LogP contribution in [0.4, 0.5) is 10.1 Å². The van der Waals surface area contributed by atoms with Crippen LogP contribution in [0.3, 0.4) is 0 Å². The van der Waals surface area contributed by atoms with Crippen LogP contribution in [0.1, 0.15) is 17.3 Å². The van der Waals surface area contributed by atoms with E-state index in [2.05, 4.69) is 10.6 Å². The van der Waals surface area contributed by atoms with E-state index in [1.54, 1.807) is 24.3 Å². The van der Waals surface area contributed by atoms with E-state index in [1.165, 1.54) is 19.2 Å². The number of amides is 2. The number of methoxy groups -OCH3 is 1. The van der Waals surface area contributed by atoms with Crippen LogP contribution in [-0.2, 0) is 4.79 Å². The van der Waals surface area contributed by atoms with Crippen LogP contribution in [0, 0.1) is 5.82 Å². The maximum absolute atomic E-state index is 13.6. The quantitative estimate of drug-likeness (QED) is 0.808. The lowest BCUT2D eigenvalue weighted by atomic mass is 10.2. The zero-order valence-corrected chi connectivity index (χ0v) is 14.0. The molecule has 0 spiro atoms. The largest absolute Gasteiger partial charge is 0.494 e. The molecule has 2 rings (SSSR count). The van der Waals surface area contributed by atoms with Gasteiger partial charge in [-0.3, -0.25) is 9.59 Å². The molecule has 132 valence electrons. The Labute approximate surface area is 144 Å². The number of ether oxygens (including phenoxy) is 2. The second kappa shape index (κ2) is 8.68. The monoisotopic (exact) mass is 346 g/mol. The molecule has 0 saturated carbocycles. The number of carbonyl (C=O) groups is 2. The van der Waals surface area contributed by atoms with Crippen LogP contribution in [0.15, 0.2) is 42.5 Å². The third kappa shape index (κ3) is 5.20. The highest BCUT2D eigenvalue weighted by Crippen LogP contribution is 2.20. The van der Waals surface area contributed by atoms with Crippen molar-refractivity contribution in [1.82, 2.24) is 5.32 Å². The minimum absolute atomic E-state index is 0.0850. The molecule has 2 aromatic carbocycles. The Balaban J connectivity index is 1.86. The van der Waals surface area contributed by atoms with E-state index >= 15 is 0 Å². The maximum Gasteiger partial charge on any atom is 0.251 e. The van der Waals surface area contributed by atoms with Crippen molar-refractivity contribution >= 4 is 17.5 Å². The Kier molecular flexibility index (Phi) is 6.33. The minimum Gasteiger partial charge on any atom is -0.494 e. The van der Waals surface area contributed by atoms with Crippen molar-refractivity contribution in [3.8, 4) is 11.5 Å². The molecule has 2 aromatic rings. The second-order valence-electron chi connectivity index (χ2n) is 5.04. The number of anilines is 1. The predicted octanol–water partition coefficient (Wildman–Crippen LogP) is 2.60. The van der Waals surface area contributed by atoms with Crippen molar-refractivity contribution in [1.29, 1.82) is 0 Å². The van der Waals surface area contributed by atoms with Crippen molar-refractivity contribution in [2.45, 2.75) is 6.92 Å². The molecule has 0 fully saturated rings. The molecule has 0 atom stereocenters. The van der Waals surface area contributed by atoms with Gasteiger partial charge in [0.15, 0.2) is 11.6 Å². The average Bonchev–Trinajstić information content (AvgIpc) is 2.61. The van der Waals surface area contributed by atoms with Crippen LogP contribution in [0.25, 0.3) is 0 Å². The summed E-state index contributed by atoms with van der Waals surface area (Å²) in [5.74, 6) is -0.693. The van der Waals surface area contributed by atoms with Gasteiger partial charge in [-0.05, 0) is 43.3 Å². The Morgan fingerprint density at radius 2 is 1.84 bits per heavy atom. The highest BCUT2D eigenvalue weighted by atomic mass is 19.1. The first-order valence-corrected chi connectivity index (χ1v) is 7.68. The number of carbonyl (C=O) groups excluding carboxylic acids is 2. The molecular weight excluding hydrogens is 327 g/mol. The van der Waals surface area contributed by atoms with Crippen LogP contribution < -0.4 is 20.1 Å². The summed E-state index contributed by atoms with van der Waals surface area (Å²) in [6, 6.07) is 10.6. The number of nitrogens with one attached hydrogen (secondary N) is 2. The smallest absolute Gasteiger partial charge is 0.251 e. The Morgan fingerprint density at radius 1 is 1.12 bits per heavy atom. The molecule has 2 amide bonds. The van der Waals surface area contributed by atoms with Crippen LogP contribution in [0.5, 0.6) is 11.5 Å². The average molecular weight is 346 g/mol. The first-order chi connectivity index (χ1) is 12.0. The molecule has 0 aliphatic rings. The first kappa shape index (κ1) is 18.3. The second-order valence-corrected chi connectivity index (χ2v) is 5.04. The highest BCUT2D eigenvalue weighted by Gasteiger charge is 2.10. The fourth-order valence-corrected chi connectivity index (χ4v) is 2.08. The van der Waals surface area contributed by atoms with E-state index in [1.807, 2.05) is 6.92 Å². The third-order valence-corrected chi connectivity index (χ3v) is 3.27. The molecule has 0 aliphatic heterocycles. The Hall–Kier alpha value is -3.09. The summed E-state index contributed by atoms with van der Waals surface area (Å²) in [5, 5.41) is 4.99. The summed E-state index contributed by atoms with van der Waals surface area (Å²) < 4.78 is 23.7. The third-order valence-electron chi connectivity index (χ3n) is 3.27. The summed E-state index contributed by atoms with van der Waals surface area (Å²) in [6.45, 7) is 2.17. The molecule has 0 saturated heterocycles. The lowest BCUT2D eigenvalue weighted by Crippen LogP contribution is -2.32. The minimum atomic E-state index is -0.585. The molecule has 7 heteroatoms. The Morgan fingerprint density at radius 3 is 2.44 bits per heavy atom. The standard InChI is InChI=1S/C18H19FN2O4/c1-3-25-14-7-4-12(5-8-14)18(23)20-11-17(22)21-13-6-9-16(24-2)15(19)10-13/h4-10H,3,11H2,1-2H3,(H,20,23)(H,21,22). The van der Waals surface area contributed by atoms with Gasteiger partial charge in [0, 0.05) is 17.3 Å². The van der Waals surface area contributed by atoms with E-state index in [0.29, 0.717) is 17.9 Å². The lowest BCUT2D eigenvalue weighted by Gasteiger charge is -2.09. The van der Waals surface area contributed by atoms with Gasteiger partial charge >= 0.3 is 0 Å². The van der Waals surface area contributed by atoms with Gasteiger partial charge in [-0.2, -0.15) is 0 Å². The predicted molar refractivity (Wildman–Crippen MR) is 91.5 cm³/mol. The van der Waals surface area contributed by atoms with Gasteiger partial charge in [0.05, 0.1) is 20.3 Å². The van der Waals surface area contributed by atoms with Crippen molar-refractivity contribution in [3.63, 3.8) is 0 Å². The molecule has 6 nitrogen and oxygen atoms in total. The zero-order valence-electron chi connectivity index (χ0n) is 14.0. The molecular formula is C18H19FN2O4. The van der Waals surface area contributed by atoms with E-state index in [-0.39, 0.29) is 23.9 Å².